The number of rotatable bonds is 4. The molecule has 1 aromatic rings. The number of anilines is 1. The second kappa shape index (κ2) is 5.19. The Bertz CT molecular complexity index is 328. The molecule has 4 heteroatoms. The highest BCUT2D eigenvalue weighted by molar-refractivity contribution is 14.1. The van der Waals surface area contributed by atoms with Crippen LogP contribution < -0.4 is 11.1 Å². The SMILES string of the molecule is CC(CC(N)=O)Nc1ccccc1I. The van der Waals surface area contributed by atoms with Crippen molar-refractivity contribution >= 4 is 34.2 Å². The van der Waals surface area contributed by atoms with Crippen LogP contribution >= 0.6 is 22.6 Å². The average Bonchev–Trinajstić information content (AvgIpc) is 2.07. The van der Waals surface area contributed by atoms with E-state index < -0.39 is 0 Å². The van der Waals surface area contributed by atoms with E-state index in [0.717, 1.165) is 9.26 Å². The topological polar surface area (TPSA) is 55.1 Å². The lowest BCUT2D eigenvalue weighted by molar-refractivity contribution is -0.118. The lowest BCUT2D eigenvalue weighted by Crippen LogP contribution is -2.24. The molecule has 0 fully saturated rings. The van der Waals surface area contributed by atoms with E-state index in [9.17, 15) is 4.79 Å². The summed E-state index contributed by atoms with van der Waals surface area (Å²) in [5, 5.41) is 3.23. The van der Waals surface area contributed by atoms with Gasteiger partial charge in [-0.2, -0.15) is 0 Å². The lowest BCUT2D eigenvalue weighted by atomic mass is 10.2. The zero-order valence-corrected chi connectivity index (χ0v) is 10.1. The predicted octanol–water partition coefficient (Wildman–Crippen LogP) is 1.97. The summed E-state index contributed by atoms with van der Waals surface area (Å²) in [7, 11) is 0. The van der Waals surface area contributed by atoms with Crippen molar-refractivity contribution in [3.05, 3.63) is 27.8 Å². The van der Waals surface area contributed by atoms with E-state index in [1.54, 1.807) is 0 Å². The number of carbonyl (C=O) groups excluding carboxylic acids is 1. The number of hydrogen-bond donors (Lipinski definition) is 2. The van der Waals surface area contributed by atoms with Gasteiger partial charge >= 0.3 is 0 Å². The average molecular weight is 304 g/mol. The van der Waals surface area contributed by atoms with Crippen molar-refractivity contribution in [1.29, 1.82) is 0 Å². The summed E-state index contributed by atoms with van der Waals surface area (Å²) in [6.07, 6.45) is 0.352. The standard InChI is InChI=1S/C10H13IN2O/c1-7(6-10(12)14)13-9-5-3-2-4-8(9)11/h2-5,7,13H,6H2,1H3,(H2,12,14). The quantitative estimate of drug-likeness (QED) is 0.836. The van der Waals surface area contributed by atoms with Crippen LogP contribution in [0, 0.1) is 3.57 Å². The third kappa shape index (κ3) is 3.53. The number of carbonyl (C=O) groups is 1. The molecule has 0 heterocycles. The van der Waals surface area contributed by atoms with Gasteiger partial charge in [0, 0.05) is 21.7 Å². The molecule has 1 unspecified atom stereocenters. The molecule has 0 saturated heterocycles. The number of hydrogen-bond acceptors (Lipinski definition) is 2. The second-order valence-corrected chi connectivity index (χ2v) is 4.36. The van der Waals surface area contributed by atoms with Crippen molar-refractivity contribution in [1.82, 2.24) is 0 Å². The fraction of sp³-hybridized carbons (Fsp3) is 0.300. The number of amides is 1. The third-order valence-corrected chi connectivity index (χ3v) is 2.72. The third-order valence-electron chi connectivity index (χ3n) is 1.78. The Morgan fingerprint density at radius 1 is 1.57 bits per heavy atom. The molecule has 1 aromatic carbocycles. The largest absolute Gasteiger partial charge is 0.381 e. The Kier molecular flexibility index (Phi) is 4.19. The van der Waals surface area contributed by atoms with Crippen LogP contribution in [-0.4, -0.2) is 11.9 Å². The van der Waals surface area contributed by atoms with Gasteiger partial charge in [0.25, 0.3) is 0 Å². The van der Waals surface area contributed by atoms with Gasteiger partial charge in [0.1, 0.15) is 0 Å². The van der Waals surface area contributed by atoms with Gasteiger partial charge in [-0.1, -0.05) is 12.1 Å². The van der Waals surface area contributed by atoms with Crippen molar-refractivity contribution in [2.75, 3.05) is 5.32 Å². The van der Waals surface area contributed by atoms with Crippen LogP contribution in [0.2, 0.25) is 0 Å². The van der Waals surface area contributed by atoms with E-state index >= 15 is 0 Å². The Balaban J connectivity index is 2.60. The maximum Gasteiger partial charge on any atom is 0.219 e. The van der Waals surface area contributed by atoms with Crippen molar-refractivity contribution in [2.45, 2.75) is 19.4 Å². The smallest absolute Gasteiger partial charge is 0.219 e. The number of nitrogens with one attached hydrogen (secondary N) is 1. The molecule has 14 heavy (non-hydrogen) atoms. The maximum absolute atomic E-state index is 10.7. The molecular formula is C10H13IN2O. The first kappa shape index (κ1) is 11.3. The molecule has 0 aliphatic rings. The summed E-state index contributed by atoms with van der Waals surface area (Å²) in [6, 6.07) is 8.01. The number of halogens is 1. The molecule has 76 valence electrons. The Morgan fingerprint density at radius 3 is 2.79 bits per heavy atom. The molecule has 0 aliphatic carbocycles. The normalized spacial score (nSPS) is 12.1. The van der Waals surface area contributed by atoms with Crippen LogP contribution in [0.5, 0.6) is 0 Å². The zero-order chi connectivity index (χ0) is 10.6. The summed E-state index contributed by atoms with van der Waals surface area (Å²) in [4.78, 5) is 10.7. The fourth-order valence-corrected chi connectivity index (χ4v) is 1.74. The summed E-state index contributed by atoms with van der Waals surface area (Å²) < 4.78 is 1.14. The van der Waals surface area contributed by atoms with Gasteiger partial charge in [-0.05, 0) is 41.6 Å². The second-order valence-electron chi connectivity index (χ2n) is 3.20. The number of para-hydroxylation sites is 1. The minimum absolute atomic E-state index is 0.0726. The number of nitrogens with two attached hydrogens (primary N) is 1. The zero-order valence-electron chi connectivity index (χ0n) is 7.96. The number of primary amides is 1. The predicted molar refractivity (Wildman–Crippen MR) is 66.1 cm³/mol. The van der Waals surface area contributed by atoms with Gasteiger partial charge in [0.2, 0.25) is 5.91 Å². The minimum Gasteiger partial charge on any atom is -0.381 e. The molecule has 1 amide bonds. The molecule has 0 radical (unpaired) electrons. The summed E-state index contributed by atoms with van der Waals surface area (Å²) in [6.45, 7) is 1.94. The highest BCUT2D eigenvalue weighted by Gasteiger charge is 2.06. The van der Waals surface area contributed by atoms with E-state index in [0.29, 0.717) is 6.42 Å². The van der Waals surface area contributed by atoms with Crippen molar-refractivity contribution in [2.24, 2.45) is 5.73 Å². The van der Waals surface area contributed by atoms with Crippen LogP contribution in [0.1, 0.15) is 13.3 Å². The Hall–Kier alpha value is -0.780. The number of benzene rings is 1. The van der Waals surface area contributed by atoms with Crippen molar-refractivity contribution < 1.29 is 4.79 Å². The molecule has 0 aromatic heterocycles. The van der Waals surface area contributed by atoms with E-state index in [1.807, 2.05) is 31.2 Å². The van der Waals surface area contributed by atoms with Crippen molar-refractivity contribution in [3.8, 4) is 0 Å². The maximum atomic E-state index is 10.7. The molecule has 3 nitrogen and oxygen atoms in total. The molecule has 0 bridgehead atoms. The molecule has 1 atom stereocenters. The van der Waals surface area contributed by atoms with Crippen LogP contribution in [-0.2, 0) is 4.79 Å². The fourth-order valence-electron chi connectivity index (χ4n) is 1.20. The van der Waals surface area contributed by atoms with Gasteiger partial charge in [-0.25, -0.2) is 0 Å². The van der Waals surface area contributed by atoms with Gasteiger partial charge in [-0.3, -0.25) is 4.79 Å². The first-order chi connectivity index (χ1) is 6.59. The van der Waals surface area contributed by atoms with Crippen LogP contribution in [0.3, 0.4) is 0 Å². The molecule has 0 aliphatic heterocycles. The van der Waals surface area contributed by atoms with E-state index in [4.69, 9.17) is 5.73 Å². The van der Waals surface area contributed by atoms with Crippen LogP contribution in [0.4, 0.5) is 5.69 Å². The van der Waals surface area contributed by atoms with E-state index in [-0.39, 0.29) is 11.9 Å². The molecule has 3 N–H and O–H groups in total. The van der Waals surface area contributed by atoms with E-state index in [2.05, 4.69) is 27.9 Å². The van der Waals surface area contributed by atoms with Gasteiger partial charge in [0.15, 0.2) is 0 Å². The summed E-state index contributed by atoms with van der Waals surface area (Å²) >= 11 is 2.25. The highest BCUT2D eigenvalue weighted by Crippen LogP contribution is 2.18. The van der Waals surface area contributed by atoms with Gasteiger partial charge < -0.3 is 11.1 Å². The molecule has 0 saturated carbocycles. The van der Waals surface area contributed by atoms with E-state index in [1.165, 1.54) is 0 Å². The Morgan fingerprint density at radius 2 is 2.21 bits per heavy atom. The molecule has 0 spiro atoms. The Labute approximate surface area is 97.2 Å². The lowest BCUT2D eigenvalue weighted by Gasteiger charge is -2.14. The van der Waals surface area contributed by atoms with Gasteiger partial charge in [-0.15, -0.1) is 0 Å². The summed E-state index contributed by atoms with van der Waals surface area (Å²) in [5.74, 6) is -0.282. The minimum atomic E-state index is -0.282. The first-order valence-electron chi connectivity index (χ1n) is 4.39. The first-order valence-corrected chi connectivity index (χ1v) is 5.47. The highest BCUT2D eigenvalue weighted by atomic mass is 127. The van der Waals surface area contributed by atoms with Gasteiger partial charge in [0.05, 0.1) is 0 Å². The molecular weight excluding hydrogens is 291 g/mol. The molecule has 1 rings (SSSR count). The van der Waals surface area contributed by atoms with Crippen LogP contribution in [0.25, 0.3) is 0 Å². The summed E-state index contributed by atoms with van der Waals surface area (Å²) in [5.41, 5.74) is 6.15. The van der Waals surface area contributed by atoms with Crippen LogP contribution in [0.15, 0.2) is 24.3 Å². The van der Waals surface area contributed by atoms with Crippen molar-refractivity contribution in [3.63, 3.8) is 0 Å². The monoisotopic (exact) mass is 304 g/mol.